The number of rotatable bonds is 4. The molecule has 0 saturated carbocycles. The molecule has 0 aromatic heterocycles. The van der Waals surface area contributed by atoms with Gasteiger partial charge in [0.15, 0.2) is 0 Å². The number of piperidine rings is 1. The zero-order chi connectivity index (χ0) is 13.5. The number of carbonyl (C=O) groups excluding carboxylic acids is 1. The average molecular weight is 270 g/mol. The van der Waals surface area contributed by atoms with E-state index in [9.17, 15) is 4.79 Å². The Morgan fingerprint density at radius 1 is 1.37 bits per heavy atom. The summed E-state index contributed by atoms with van der Waals surface area (Å²) in [6.07, 6.45) is 4.11. The van der Waals surface area contributed by atoms with Crippen LogP contribution in [0.1, 0.15) is 32.6 Å². The molecule has 2 fully saturated rings. The van der Waals surface area contributed by atoms with Gasteiger partial charge in [-0.15, -0.1) is 0 Å². The predicted molar refractivity (Wildman–Crippen MR) is 73.2 cm³/mol. The zero-order valence-corrected chi connectivity index (χ0v) is 11.9. The van der Waals surface area contributed by atoms with Crippen LogP contribution in [0.3, 0.4) is 0 Å². The average Bonchev–Trinajstić information content (AvgIpc) is 2.46. The van der Waals surface area contributed by atoms with Gasteiger partial charge in [0.1, 0.15) is 0 Å². The van der Waals surface area contributed by atoms with Crippen LogP contribution in [-0.2, 0) is 9.47 Å². The molecule has 0 spiro atoms. The minimum absolute atomic E-state index is 0.0908. The molecule has 2 rings (SSSR count). The van der Waals surface area contributed by atoms with Crippen LogP contribution in [0.25, 0.3) is 0 Å². The fourth-order valence-electron chi connectivity index (χ4n) is 2.78. The van der Waals surface area contributed by atoms with Gasteiger partial charge < -0.3 is 19.7 Å². The molecular formula is C14H26N2O3. The lowest BCUT2D eigenvalue weighted by molar-refractivity contribution is 0.0669. The summed E-state index contributed by atoms with van der Waals surface area (Å²) in [5.74, 6) is 0.495. The van der Waals surface area contributed by atoms with E-state index in [-0.39, 0.29) is 12.1 Å². The monoisotopic (exact) mass is 270 g/mol. The molecule has 0 bridgehead atoms. The zero-order valence-electron chi connectivity index (χ0n) is 11.9. The first-order valence-corrected chi connectivity index (χ1v) is 7.50. The number of nitrogens with zero attached hydrogens (tertiary/aromatic N) is 1. The molecule has 2 saturated heterocycles. The minimum Gasteiger partial charge on any atom is -0.381 e. The number of urea groups is 1. The first-order valence-electron chi connectivity index (χ1n) is 7.50. The number of hydrogen-bond donors (Lipinski definition) is 1. The lowest BCUT2D eigenvalue weighted by Crippen LogP contribution is -2.50. The highest BCUT2D eigenvalue weighted by molar-refractivity contribution is 5.74. The first kappa shape index (κ1) is 14.6. The van der Waals surface area contributed by atoms with E-state index < -0.39 is 0 Å². The van der Waals surface area contributed by atoms with E-state index in [1.165, 1.54) is 6.42 Å². The van der Waals surface area contributed by atoms with Crippen LogP contribution in [-0.4, -0.2) is 56.5 Å². The van der Waals surface area contributed by atoms with Crippen LogP contribution < -0.4 is 5.32 Å². The van der Waals surface area contributed by atoms with E-state index >= 15 is 0 Å². The maximum Gasteiger partial charge on any atom is 0.317 e. The van der Waals surface area contributed by atoms with Gasteiger partial charge in [0.2, 0.25) is 0 Å². The van der Waals surface area contributed by atoms with Gasteiger partial charge in [0.25, 0.3) is 0 Å². The lowest BCUT2D eigenvalue weighted by Gasteiger charge is -2.34. The Labute approximate surface area is 115 Å². The van der Waals surface area contributed by atoms with Crippen molar-refractivity contribution >= 4 is 6.03 Å². The number of ether oxygens (including phenoxy) is 2. The van der Waals surface area contributed by atoms with Crippen molar-refractivity contribution in [3.8, 4) is 0 Å². The number of likely N-dealkylation sites (tertiary alicyclic amines) is 1. The van der Waals surface area contributed by atoms with Crippen LogP contribution in [0.2, 0.25) is 0 Å². The van der Waals surface area contributed by atoms with Crippen molar-refractivity contribution in [2.24, 2.45) is 5.92 Å². The highest BCUT2D eigenvalue weighted by Gasteiger charge is 2.25. The topological polar surface area (TPSA) is 50.8 Å². The van der Waals surface area contributed by atoms with Crippen molar-refractivity contribution in [2.75, 3.05) is 39.5 Å². The Morgan fingerprint density at radius 2 is 2.16 bits per heavy atom. The van der Waals surface area contributed by atoms with E-state index in [1.54, 1.807) is 0 Å². The van der Waals surface area contributed by atoms with Crippen molar-refractivity contribution in [2.45, 2.75) is 38.6 Å². The van der Waals surface area contributed by atoms with Gasteiger partial charge in [-0.25, -0.2) is 4.79 Å². The van der Waals surface area contributed by atoms with Gasteiger partial charge in [0.05, 0.1) is 6.61 Å². The fraction of sp³-hybridized carbons (Fsp3) is 0.929. The Balaban J connectivity index is 1.74. The van der Waals surface area contributed by atoms with Gasteiger partial charge in [-0.2, -0.15) is 0 Å². The maximum absolute atomic E-state index is 12.2. The molecule has 0 aliphatic carbocycles. The quantitative estimate of drug-likeness (QED) is 0.844. The Morgan fingerprint density at radius 3 is 2.89 bits per heavy atom. The summed E-state index contributed by atoms with van der Waals surface area (Å²) in [5, 5.41) is 3.13. The number of nitrogens with one attached hydrogen (secondary N) is 1. The van der Waals surface area contributed by atoms with Gasteiger partial charge in [-0.3, -0.25) is 0 Å². The second-order valence-electron chi connectivity index (χ2n) is 5.45. The second kappa shape index (κ2) is 7.70. The Hall–Kier alpha value is -0.810. The molecule has 110 valence electrons. The van der Waals surface area contributed by atoms with Crippen molar-refractivity contribution in [3.63, 3.8) is 0 Å². The molecule has 5 heteroatoms. The predicted octanol–water partition coefficient (Wildman–Crippen LogP) is 1.62. The molecule has 5 nitrogen and oxygen atoms in total. The third-order valence-corrected chi connectivity index (χ3v) is 3.91. The molecule has 1 atom stereocenters. The SMILES string of the molecule is CCOCC1CCCN(C(=O)NC2CCOCC2)C1. The van der Waals surface area contributed by atoms with Crippen LogP contribution in [0.15, 0.2) is 0 Å². The highest BCUT2D eigenvalue weighted by Crippen LogP contribution is 2.17. The molecule has 0 aromatic carbocycles. The molecule has 2 aliphatic rings. The molecule has 2 aliphatic heterocycles. The van der Waals surface area contributed by atoms with Crippen LogP contribution in [0, 0.1) is 5.92 Å². The van der Waals surface area contributed by atoms with Gasteiger partial charge in [-0.1, -0.05) is 0 Å². The third-order valence-electron chi connectivity index (χ3n) is 3.91. The van der Waals surface area contributed by atoms with Crippen molar-refractivity contribution < 1.29 is 14.3 Å². The van der Waals surface area contributed by atoms with E-state index in [2.05, 4.69) is 5.32 Å². The second-order valence-corrected chi connectivity index (χ2v) is 5.45. The summed E-state index contributed by atoms with van der Waals surface area (Å²) in [5.41, 5.74) is 0. The molecule has 0 aromatic rings. The van der Waals surface area contributed by atoms with Gasteiger partial charge >= 0.3 is 6.03 Å². The summed E-state index contributed by atoms with van der Waals surface area (Å²) in [7, 11) is 0. The van der Waals surface area contributed by atoms with Crippen LogP contribution >= 0.6 is 0 Å². The summed E-state index contributed by atoms with van der Waals surface area (Å²) in [6, 6.07) is 0.376. The molecule has 2 amide bonds. The Bertz CT molecular complexity index is 280. The maximum atomic E-state index is 12.2. The van der Waals surface area contributed by atoms with E-state index in [0.29, 0.717) is 5.92 Å². The summed E-state index contributed by atoms with van der Waals surface area (Å²) in [6.45, 7) is 6.77. The molecule has 1 unspecified atom stereocenters. The van der Waals surface area contributed by atoms with Gasteiger partial charge in [0, 0.05) is 44.9 Å². The summed E-state index contributed by atoms with van der Waals surface area (Å²) >= 11 is 0. The smallest absolute Gasteiger partial charge is 0.317 e. The third kappa shape index (κ3) is 4.66. The van der Waals surface area contributed by atoms with Crippen molar-refractivity contribution in [1.29, 1.82) is 0 Å². The van der Waals surface area contributed by atoms with Gasteiger partial charge in [-0.05, 0) is 32.6 Å². The molecule has 0 radical (unpaired) electrons. The van der Waals surface area contributed by atoms with E-state index in [0.717, 1.165) is 58.8 Å². The Kier molecular flexibility index (Phi) is 5.92. The normalized spacial score (nSPS) is 25.3. The summed E-state index contributed by atoms with van der Waals surface area (Å²) in [4.78, 5) is 14.2. The number of hydrogen-bond acceptors (Lipinski definition) is 3. The van der Waals surface area contributed by atoms with Crippen molar-refractivity contribution in [1.82, 2.24) is 10.2 Å². The van der Waals surface area contributed by atoms with Crippen molar-refractivity contribution in [3.05, 3.63) is 0 Å². The number of amides is 2. The first-order chi connectivity index (χ1) is 9.29. The fourth-order valence-corrected chi connectivity index (χ4v) is 2.78. The molecule has 1 N–H and O–H groups in total. The lowest BCUT2D eigenvalue weighted by atomic mass is 9.99. The minimum atomic E-state index is 0.0908. The van der Waals surface area contributed by atoms with Crippen LogP contribution in [0.4, 0.5) is 4.79 Å². The van der Waals surface area contributed by atoms with E-state index in [1.807, 2.05) is 11.8 Å². The summed E-state index contributed by atoms with van der Waals surface area (Å²) < 4.78 is 10.8. The number of carbonyl (C=O) groups is 1. The molecule has 2 heterocycles. The van der Waals surface area contributed by atoms with Crippen LogP contribution in [0.5, 0.6) is 0 Å². The largest absolute Gasteiger partial charge is 0.381 e. The van der Waals surface area contributed by atoms with E-state index in [4.69, 9.17) is 9.47 Å². The molecule has 19 heavy (non-hydrogen) atoms. The standard InChI is InChI=1S/C14H26N2O3/c1-2-18-11-12-4-3-7-16(10-12)14(17)15-13-5-8-19-9-6-13/h12-13H,2-11H2,1H3,(H,15,17). The molecular weight excluding hydrogens is 244 g/mol. The highest BCUT2D eigenvalue weighted by atomic mass is 16.5.